The average Bonchev–Trinajstić information content (AvgIpc) is 3.19. The molecule has 0 fully saturated rings. The Kier molecular flexibility index (Phi) is 44.2. The van der Waals surface area contributed by atoms with Gasteiger partial charge in [0.2, 0.25) is 0 Å². The Labute approximate surface area is 355 Å². The predicted octanol–water partition coefficient (Wildman–Crippen LogP) is 16.3. The molecule has 0 aromatic rings. The maximum atomic E-state index is 12.7. The van der Waals surface area contributed by atoms with Crippen molar-refractivity contribution in [2.75, 3.05) is 13.2 Å². The van der Waals surface area contributed by atoms with Gasteiger partial charge < -0.3 is 14.2 Å². The van der Waals surface area contributed by atoms with Gasteiger partial charge in [0.05, 0.1) is 0 Å². The third kappa shape index (κ3) is 45.3. The molecule has 0 aromatic carbocycles. The molecule has 0 aliphatic rings. The lowest BCUT2D eigenvalue weighted by Crippen LogP contribution is -2.30. The summed E-state index contributed by atoms with van der Waals surface area (Å²) in [6.07, 6.45) is 46.7. The number of carbonyl (C=O) groups excluding carboxylic acids is 3. The van der Waals surface area contributed by atoms with Gasteiger partial charge in [0.15, 0.2) is 6.10 Å². The minimum atomic E-state index is -0.759. The summed E-state index contributed by atoms with van der Waals surface area (Å²) in [6.45, 7) is 8.98. The van der Waals surface area contributed by atoms with Crippen LogP contribution in [0.1, 0.15) is 285 Å². The highest BCUT2D eigenvalue weighted by molar-refractivity contribution is 5.71. The topological polar surface area (TPSA) is 78.9 Å². The third-order valence-corrected chi connectivity index (χ3v) is 11.5. The van der Waals surface area contributed by atoms with E-state index in [-0.39, 0.29) is 31.1 Å². The first-order valence-electron chi connectivity index (χ1n) is 25.4. The lowest BCUT2D eigenvalue weighted by molar-refractivity contribution is -0.167. The Balaban J connectivity index is 4.21. The van der Waals surface area contributed by atoms with Gasteiger partial charge in [-0.15, -0.1) is 0 Å². The molecule has 0 rings (SSSR count). The van der Waals surface area contributed by atoms with Crippen molar-refractivity contribution in [2.45, 2.75) is 291 Å². The van der Waals surface area contributed by atoms with Crippen molar-refractivity contribution < 1.29 is 28.6 Å². The number of rotatable bonds is 46. The Morgan fingerprint density at radius 3 is 0.860 bits per heavy atom. The van der Waals surface area contributed by atoms with Gasteiger partial charge in [-0.05, 0) is 25.2 Å². The largest absolute Gasteiger partial charge is 0.462 e. The van der Waals surface area contributed by atoms with Crippen molar-refractivity contribution in [3.8, 4) is 0 Å². The molecule has 0 spiro atoms. The first kappa shape index (κ1) is 55.4. The van der Waals surface area contributed by atoms with Crippen molar-refractivity contribution in [3.63, 3.8) is 0 Å². The highest BCUT2D eigenvalue weighted by Gasteiger charge is 2.19. The van der Waals surface area contributed by atoms with Gasteiger partial charge in [0.1, 0.15) is 13.2 Å². The quantitative estimate of drug-likeness (QED) is 0.0346. The molecule has 0 aliphatic heterocycles. The number of carbonyl (C=O) groups is 3. The maximum absolute atomic E-state index is 12.7. The molecule has 0 aromatic heterocycles. The summed E-state index contributed by atoms with van der Waals surface area (Å²) in [5.41, 5.74) is 0. The standard InChI is InChI=1S/C51H98O6/c1-5-7-9-11-13-15-16-17-18-19-20-21-22-23-27-30-34-38-42-49(52)55-45-48(57-51(54)44-40-36-32-25-14-12-10-8-6-2)46-56-50(53)43-39-35-31-28-24-26-29-33-37-41-47(3)4/h47-48H,5-46H2,1-4H3/t48-/m0/s1. The Bertz CT molecular complexity index is 857. The second-order valence-electron chi connectivity index (χ2n) is 17.9. The molecule has 0 heterocycles. The third-order valence-electron chi connectivity index (χ3n) is 11.5. The number of hydrogen-bond donors (Lipinski definition) is 0. The van der Waals surface area contributed by atoms with E-state index in [9.17, 15) is 14.4 Å². The zero-order chi connectivity index (χ0) is 41.7. The van der Waals surface area contributed by atoms with E-state index < -0.39 is 6.10 Å². The van der Waals surface area contributed by atoms with Crippen LogP contribution in [0, 0.1) is 5.92 Å². The molecule has 338 valence electrons. The van der Waals surface area contributed by atoms with Crippen molar-refractivity contribution >= 4 is 17.9 Å². The molecule has 0 radical (unpaired) electrons. The number of esters is 3. The van der Waals surface area contributed by atoms with Crippen molar-refractivity contribution in [2.24, 2.45) is 5.92 Å². The lowest BCUT2D eigenvalue weighted by atomic mass is 10.0. The molecule has 6 nitrogen and oxygen atoms in total. The molecule has 0 aliphatic carbocycles. The van der Waals surface area contributed by atoms with E-state index >= 15 is 0 Å². The number of unbranched alkanes of at least 4 members (excludes halogenated alkanes) is 33. The summed E-state index contributed by atoms with van der Waals surface area (Å²) in [6, 6.07) is 0. The van der Waals surface area contributed by atoms with E-state index in [0.717, 1.165) is 63.7 Å². The number of ether oxygens (including phenoxy) is 3. The molecule has 6 heteroatoms. The van der Waals surface area contributed by atoms with E-state index in [2.05, 4.69) is 27.7 Å². The SMILES string of the molecule is CCCCCCCCCCCCCCCCCCCCC(=O)OC[C@@H](COC(=O)CCCCCCCCCCCC(C)C)OC(=O)CCCCCCCCCCC. The van der Waals surface area contributed by atoms with Gasteiger partial charge in [0, 0.05) is 19.3 Å². The van der Waals surface area contributed by atoms with Crippen molar-refractivity contribution in [3.05, 3.63) is 0 Å². The van der Waals surface area contributed by atoms with Crippen LogP contribution >= 0.6 is 0 Å². The minimum Gasteiger partial charge on any atom is -0.462 e. The molecule has 0 saturated heterocycles. The summed E-state index contributed by atoms with van der Waals surface area (Å²) >= 11 is 0. The Morgan fingerprint density at radius 2 is 0.579 bits per heavy atom. The normalized spacial score (nSPS) is 11.9. The van der Waals surface area contributed by atoms with Gasteiger partial charge in [0.25, 0.3) is 0 Å². The Morgan fingerprint density at radius 1 is 0.333 bits per heavy atom. The summed E-state index contributed by atoms with van der Waals surface area (Å²) in [5, 5.41) is 0. The van der Waals surface area contributed by atoms with Crippen molar-refractivity contribution in [1.82, 2.24) is 0 Å². The van der Waals surface area contributed by atoms with Crippen LogP contribution < -0.4 is 0 Å². The smallest absolute Gasteiger partial charge is 0.306 e. The fraction of sp³-hybridized carbons (Fsp3) is 0.941. The van der Waals surface area contributed by atoms with Gasteiger partial charge in [-0.25, -0.2) is 0 Å². The second kappa shape index (κ2) is 45.5. The highest BCUT2D eigenvalue weighted by atomic mass is 16.6. The van der Waals surface area contributed by atoms with E-state index in [1.165, 1.54) is 180 Å². The van der Waals surface area contributed by atoms with Crippen LogP contribution in [0.3, 0.4) is 0 Å². The Hall–Kier alpha value is -1.59. The first-order chi connectivity index (χ1) is 27.9. The van der Waals surface area contributed by atoms with Crippen LogP contribution in [0.5, 0.6) is 0 Å². The average molecular weight is 807 g/mol. The molecule has 0 N–H and O–H groups in total. The van der Waals surface area contributed by atoms with Crippen LogP contribution in [-0.4, -0.2) is 37.2 Å². The van der Waals surface area contributed by atoms with Gasteiger partial charge in [-0.3, -0.25) is 14.4 Å². The fourth-order valence-electron chi connectivity index (χ4n) is 7.69. The van der Waals surface area contributed by atoms with Crippen LogP contribution in [0.2, 0.25) is 0 Å². The molecular formula is C51H98O6. The van der Waals surface area contributed by atoms with Crippen LogP contribution in [0.25, 0.3) is 0 Å². The van der Waals surface area contributed by atoms with E-state index in [0.29, 0.717) is 19.3 Å². The maximum Gasteiger partial charge on any atom is 0.306 e. The molecule has 0 bridgehead atoms. The van der Waals surface area contributed by atoms with E-state index in [1.807, 2.05) is 0 Å². The van der Waals surface area contributed by atoms with Gasteiger partial charge >= 0.3 is 17.9 Å². The van der Waals surface area contributed by atoms with E-state index in [4.69, 9.17) is 14.2 Å². The summed E-state index contributed by atoms with van der Waals surface area (Å²) < 4.78 is 16.8. The van der Waals surface area contributed by atoms with E-state index in [1.54, 1.807) is 0 Å². The molecule has 0 unspecified atom stereocenters. The lowest BCUT2D eigenvalue weighted by Gasteiger charge is -2.18. The number of hydrogen-bond acceptors (Lipinski definition) is 6. The molecule has 1 atom stereocenters. The second-order valence-corrected chi connectivity index (χ2v) is 17.9. The molecular weight excluding hydrogens is 709 g/mol. The summed E-state index contributed by atoms with van der Waals surface area (Å²) in [7, 11) is 0. The van der Waals surface area contributed by atoms with Gasteiger partial charge in [-0.1, -0.05) is 246 Å². The molecule has 0 amide bonds. The molecule has 0 saturated carbocycles. The zero-order valence-electron chi connectivity index (χ0n) is 38.8. The summed E-state index contributed by atoms with van der Waals surface area (Å²) in [5.74, 6) is -0.0419. The minimum absolute atomic E-state index is 0.0634. The van der Waals surface area contributed by atoms with Crippen LogP contribution in [0.15, 0.2) is 0 Å². The predicted molar refractivity (Wildman–Crippen MR) is 243 cm³/mol. The molecule has 57 heavy (non-hydrogen) atoms. The van der Waals surface area contributed by atoms with Gasteiger partial charge in [-0.2, -0.15) is 0 Å². The van der Waals surface area contributed by atoms with Crippen LogP contribution in [0.4, 0.5) is 0 Å². The monoisotopic (exact) mass is 807 g/mol. The first-order valence-corrected chi connectivity index (χ1v) is 25.4. The highest BCUT2D eigenvalue weighted by Crippen LogP contribution is 2.17. The summed E-state index contributed by atoms with van der Waals surface area (Å²) in [4.78, 5) is 37.8. The van der Waals surface area contributed by atoms with Crippen molar-refractivity contribution in [1.29, 1.82) is 0 Å². The fourth-order valence-corrected chi connectivity index (χ4v) is 7.69. The van der Waals surface area contributed by atoms with Crippen LogP contribution in [-0.2, 0) is 28.6 Å². The zero-order valence-corrected chi connectivity index (χ0v) is 38.8.